The summed E-state index contributed by atoms with van der Waals surface area (Å²) in [5.74, 6) is -1.75. The Morgan fingerprint density at radius 2 is 1.53 bits per heavy atom. The van der Waals surface area contributed by atoms with E-state index in [0.29, 0.717) is 33.1 Å². The summed E-state index contributed by atoms with van der Waals surface area (Å²) in [5, 5.41) is 22.0. The summed E-state index contributed by atoms with van der Waals surface area (Å²) in [7, 11) is 0. The molecule has 166 valence electrons. The van der Waals surface area contributed by atoms with Crippen LogP contribution < -0.4 is 10.9 Å². The quantitative estimate of drug-likeness (QED) is 0.371. The molecule has 8 heteroatoms. The van der Waals surface area contributed by atoms with Crippen LogP contribution in [0, 0.1) is 11.3 Å². The van der Waals surface area contributed by atoms with Crippen LogP contribution in [0.1, 0.15) is 26.3 Å². The van der Waals surface area contributed by atoms with Gasteiger partial charge >= 0.3 is 5.97 Å². The summed E-state index contributed by atoms with van der Waals surface area (Å²) in [4.78, 5) is 39.2. The van der Waals surface area contributed by atoms with Crippen molar-refractivity contribution in [1.82, 2.24) is 4.98 Å². The predicted octanol–water partition coefficient (Wildman–Crippen LogP) is 5.18. The molecule has 3 aromatic carbocycles. The molecule has 0 radical (unpaired) electrons. The number of nitrogens with one attached hydrogen (secondary N) is 2. The third-order valence-electron chi connectivity index (χ3n) is 5.16. The van der Waals surface area contributed by atoms with Crippen molar-refractivity contribution in [3.63, 3.8) is 0 Å². The number of hydrogen-bond acceptors (Lipinski definition) is 4. The highest BCUT2D eigenvalue weighted by atomic mass is 35.5. The minimum atomic E-state index is -1.19. The fourth-order valence-electron chi connectivity index (χ4n) is 3.48. The minimum absolute atomic E-state index is 0.00736. The molecule has 0 aliphatic rings. The van der Waals surface area contributed by atoms with Gasteiger partial charge in [0.05, 0.1) is 11.1 Å². The molecule has 0 spiro atoms. The number of H-pyrrole nitrogens is 1. The number of nitrogens with zero attached hydrogens (tertiary/aromatic N) is 1. The van der Waals surface area contributed by atoms with Gasteiger partial charge in [0.15, 0.2) is 0 Å². The molecular weight excluding hydrogens is 454 g/mol. The van der Waals surface area contributed by atoms with Gasteiger partial charge in [-0.05, 0) is 53.6 Å². The monoisotopic (exact) mass is 469 g/mol. The number of amides is 1. The zero-order valence-electron chi connectivity index (χ0n) is 17.5. The van der Waals surface area contributed by atoms with E-state index in [1.54, 1.807) is 66.7 Å². The topological polar surface area (TPSA) is 123 Å². The van der Waals surface area contributed by atoms with Gasteiger partial charge in [-0.15, -0.1) is 0 Å². The highest BCUT2D eigenvalue weighted by molar-refractivity contribution is 6.30. The van der Waals surface area contributed by atoms with Crippen molar-refractivity contribution in [3.8, 4) is 28.5 Å². The largest absolute Gasteiger partial charge is 0.478 e. The number of halogens is 1. The molecule has 0 aliphatic carbocycles. The zero-order valence-corrected chi connectivity index (χ0v) is 18.3. The maximum Gasteiger partial charge on any atom is 0.336 e. The number of aromatic amines is 1. The maximum absolute atomic E-state index is 12.6. The normalized spacial score (nSPS) is 10.4. The number of nitriles is 1. The molecule has 0 saturated carbocycles. The Balaban J connectivity index is 1.64. The van der Waals surface area contributed by atoms with Crippen molar-refractivity contribution in [3.05, 3.63) is 111 Å². The molecule has 34 heavy (non-hydrogen) atoms. The number of aromatic carboxylic acids is 1. The van der Waals surface area contributed by atoms with Gasteiger partial charge in [-0.1, -0.05) is 48.0 Å². The molecule has 1 heterocycles. The molecule has 4 rings (SSSR count). The van der Waals surface area contributed by atoms with Crippen LogP contribution in [0.2, 0.25) is 5.02 Å². The van der Waals surface area contributed by atoms with E-state index >= 15 is 0 Å². The predicted molar refractivity (Wildman–Crippen MR) is 129 cm³/mol. The number of rotatable bonds is 5. The highest BCUT2D eigenvalue weighted by Crippen LogP contribution is 2.28. The Morgan fingerprint density at radius 1 is 0.912 bits per heavy atom. The van der Waals surface area contributed by atoms with E-state index in [2.05, 4.69) is 10.3 Å². The van der Waals surface area contributed by atoms with Crippen molar-refractivity contribution < 1.29 is 14.7 Å². The van der Waals surface area contributed by atoms with E-state index in [-0.39, 0.29) is 16.7 Å². The van der Waals surface area contributed by atoms with Gasteiger partial charge in [-0.3, -0.25) is 9.59 Å². The van der Waals surface area contributed by atoms with E-state index in [0.717, 1.165) is 0 Å². The van der Waals surface area contributed by atoms with Crippen molar-refractivity contribution in [2.75, 3.05) is 5.32 Å². The summed E-state index contributed by atoms with van der Waals surface area (Å²) in [5.41, 5.74) is 2.16. The molecule has 1 amide bonds. The Hall–Kier alpha value is -4.67. The molecule has 7 nitrogen and oxygen atoms in total. The summed E-state index contributed by atoms with van der Waals surface area (Å²) >= 11 is 5.95. The van der Waals surface area contributed by atoms with Gasteiger partial charge < -0.3 is 15.4 Å². The van der Waals surface area contributed by atoms with Gasteiger partial charge in [0, 0.05) is 22.0 Å². The van der Waals surface area contributed by atoms with Crippen LogP contribution in [0.15, 0.2) is 83.7 Å². The van der Waals surface area contributed by atoms with Crippen LogP contribution in [-0.4, -0.2) is 22.0 Å². The van der Waals surface area contributed by atoms with E-state index in [1.807, 2.05) is 6.07 Å². The van der Waals surface area contributed by atoms with E-state index < -0.39 is 17.4 Å². The molecule has 0 unspecified atom stereocenters. The zero-order chi connectivity index (χ0) is 24.2. The highest BCUT2D eigenvalue weighted by Gasteiger charge is 2.16. The summed E-state index contributed by atoms with van der Waals surface area (Å²) in [6.07, 6.45) is 0. The Labute approximate surface area is 198 Å². The lowest BCUT2D eigenvalue weighted by molar-refractivity contribution is 0.0692. The van der Waals surface area contributed by atoms with Gasteiger partial charge in [0.1, 0.15) is 11.6 Å². The fourth-order valence-corrected chi connectivity index (χ4v) is 3.61. The Kier molecular flexibility index (Phi) is 6.26. The van der Waals surface area contributed by atoms with E-state index in [9.17, 15) is 24.8 Å². The molecule has 0 saturated heterocycles. The lowest BCUT2D eigenvalue weighted by Crippen LogP contribution is -2.16. The first-order chi connectivity index (χ1) is 16.4. The maximum atomic E-state index is 12.6. The fraction of sp³-hybridized carbons (Fsp3) is 0. The van der Waals surface area contributed by atoms with E-state index in [1.165, 1.54) is 12.1 Å². The minimum Gasteiger partial charge on any atom is -0.478 e. The van der Waals surface area contributed by atoms with Crippen LogP contribution in [0.4, 0.5) is 5.69 Å². The average molecular weight is 470 g/mol. The van der Waals surface area contributed by atoms with Crippen molar-refractivity contribution in [1.29, 1.82) is 5.26 Å². The van der Waals surface area contributed by atoms with Crippen LogP contribution in [0.25, 0.3) is 22.4 Å². The van der Waals surface area contributed by atoms with E-state index in [4.69, 9.17) is 11.6 Å². The second kappa shape index (κ2) is 9.45. The Morgan fingerprint density at radius 3 is 2.15 bits per heavy atom. The third kappa shape index (κ3) is 4.58. The molecular formula is C26H16ClN3O4. The summed E-state index contributed by atoms with van der Waals surface area (Å²) < 4.78 is 0. The number of carbonyl (C=O) groups excluding carboxylic acids is 1. The van der Waals surface area contributed by atoms with Crippen molar-refractivity contribution in [2.45, 2.75) is 0 Å². The standard InChI is InChI=1S/C26H16ClN3O4/c27-17-9-5-15(6-10-17)21-13-23(30-25(32)22(21)14-28)16-7-11-18(12-8-16)29-24(31)19-3-1-2-4-20(19)26(33)34/h1-13H,(H,29,31)(H,30,32)(H,33,34). The van der Waals surface area contributed by atoms with Gasteiger partial charge in [-0.25, -0.2) is 4.79 Å². The first kappa shape index (κ1) is 22.5. The number of anilines is 1. The van der Waals surface area contributed by atoms with Gasteiger partial charge in [-0.2, -0.15) is 5.26 Å². The van der Waals surface area contributed by atoms with Crippen molar-refractivity contribution in [2.24, 2.45) is 0 Å². The SMILES string of the molecule is N#Cc1c(-c2ccc(Cl)cc2)cc(-c2ccc(NC(=O)c3ccccc3C(=O)O)cc2)[nH]c1=O. The van der Waals surface area contributed by atoms with Crippen LogP contribution >= 0.6 is 11.6 Å². The second-order valence-electron chi connectivity index (χ2n) is 7.30. The molecule has 0 aliphatic heterocycles. The first-order valence-electron chi connectivity index (χ1n) is 10.0. The Bertz CT molecular complexity index is 1500. The number of carboxylic acid groups (broad SMARTS) is 1. The van der Waals surface area contributed by atoms with Crippen molar-refractivity contribution >= 4 is 29.2 Å². The van der Waals surface area contributed by atoms with Gasteiger partial charge in [0.2, 0.25) is 0 Å². The molecule has 0 bridgehead atoms. The second-order valence-corrected chi connectivity index (χ2v) is 7.74. The third-order valence-corrected chi connectivity index (χ3v) is 5.41. The molecule has 1 aromatic heterocycles. The number of hydrogen-bond donors (Lipinski definition) is 3. The first-order valence-corrected chi connectivity index (χ1v) is 10.4. The average Bonchev–Trinajstić information content (AvgIpc) is 2.84. The molecule has 4 aromatic rings. The number of pyridine rings is 1. The summed E-state index contributed by atoms with van der Waals surface area (Å²) in [6.45, 7) is 0. The van der Waals surface area contributed by atoms with Crippen LogP contribution in [0.5, 0.6) is 0 Å². The number of aromatic nitrogens is 1. The molecule has 0 fully saturated rings. The lowest BCUT2D eigenvalue weighted by atomic mass is 9.99. The van der Waals surface area contributed by atoms with Crippen LogP contribution in [-0.2, 0) is 0 Å². The lowest BCUT2D eigenvalue weighted by Gasteiger charge is -2.10. The smallest absolute Gasteiger partial charge is 0.336 e. The van der Waals surface area contributed by atoms with Crippen LogP contribution in [0.3, 0.4) is 0 Å². The number of carbonyl (C=O) groups is 2. The summed E-state index contributed by atoms with van der Waals surface area (Å²) in [6, 6.07) is 23.1. The number of carboxylic acids is 1. The molecule has 0 atom stereocenters. The molecule has 3 N–H and O–H groups in total. The number of benzene rings is 3. The van der Waals surface area contributed by atoms with Gasteiger partial charge in [0.25, 0.3) is 11.5 Å².